The Labute approximate surface area is 114 Å². The maximum absolute atomic E-state index is 11.6. The second-order valence-electron chi connectivity index (χ2n) is 4.71. The van der Waals surface area contributed by atoms with Crippen molar-refractivity contribution in [1.29, 1.82) is 0 Å². The summed E-state index contributed by atoms with van der Waals surface area (Å²) in [6.07, 6.45) is 1.21. The molecule has 100 valence electrons. The van der Waals surface area contributed by atoms with Gasteiger partial charge in [-0.05, 0) is 41.8 Å². The van der Waals surface area contributed by atoms with Gasteiger partial charge < -0.3 is 5.73 Å². The van der Waals surface area contributed by atoms with Crippen molar-refractivity contribution in [2.45, 2.75) is 17.9 Å². The molecule has 0 amide bonds. The predicted molar refractivity (Wildman–Crippen MR) is 77.6 cm³/mol. The summed E-state index contributed by atoms with van der Waals surface area (Å²) in [5.41, 5.74) is 8.75. The van der Waals surface area contributed by atoms with E-state index in [1.165, 1.54) is 6.26 Å². The minimum Gasteiger partial charge on any atom is -0.324 e. The number of benzene rings is 2. The van der Waals surface area contributed by atoms with Gasteiger partial charge in [0.05, 0.1) is 4.90 Å². The second-order valence-corrected chi connectivity index (χ2v) is 6.73. The van der Waals surface area contributed by atoms with Crippen molar-refractivity contribution < 1.29 is 8.42 Å². The molecule has 1 unspecified atom stereocenters. The van der Waals surface area contributed by atoms with Gasteiger partial charge in [0.25, 0.3) is 0 Å². The summed E-state index contributed by atoms with van der Waals surface area (Å²) in [6, 6.07) is 14.7. The van der Waals surface area contributed by atoms with Crippen LogP contribution in [0.25, 0.3) is 11.1 Å². The van der Waals surface area contributed by atoms with E-state index in [-0.39, 0.29) is 6.04 Å². The van der Waals surface area contributed by atoms with Crippen LogP contribution >= 0.6 is 0 Å². The molecular weight excluding hydrogens is 258 g/mol. The summed E-state index contributed by atoms with van der Waals surface area (Å²) >= 11 is 0. The third-order valence-corrected chi connectivity index (χ3v) is 4.12. The smallest absolute Gasteiger partial charge is 0.175 e. The van der Waals surface area contributed by atoms with Crippen molar-refractivity contribution in [3.05, 3.63) is 54.1 Å². The molecule has 2 N–H and O–H groups in total. The Morgan fingerprint density at radius 1 is 1.00 bits per heavy atom. The van der Waals surface area contributed by atoms with Crippen LogP contribution in [0.1, 0.15) is 18.5 Å². The van der Waals surface area contributed by atoms with E-state index < -0.39 is 9.84 Å². The summed E-state index contributed by atoms with van der Waals surface area (Å²) in [5, 5.41) is 0. The molecule has 3 nitrogen and oxygen atoms in total. The lowest BCUT2D eigenvalue weighted by molar-refractivity contribution is 0.602. The average Bonchev–Trinajstić information content (AvgIpc) is 2.38. The van der Waals surface area contributed by atoms with Gasteiger partial charge in [-0.2, -0.15) is 0 Å². The van der Waals surface area contributed by atoms with Crippen molar-refractivity contribution in [1.82, 2.24) is 0 Å². The first-order valence-corrected chi connectivity index (χ1v) is 7.93. The lowest BCUT2D eigenvalue weighted by Gasteiger charge is -2.09. The third kappa shape index (κ3) is 3.22. The summed E-state index contributed by atoms with van der Waals surface area (Å²) in [6.45, 7) is 1.92. The first kappa shape index (κ1) is 13.8. The van der Waals surface area contributed by atoms with Gasteiger partial charge in [-0.25, -0.2) is 8.42 Å². The highest BCUT2D eigenvalue weighted by Gasteiger charge is 2.09. The Kier molecular flexibility index (Phi) is 3.73. The molecule has 4 heteroatoms. The van der Waals surface area contributed by atoms with Gasteiger partial charge in [-0.15, -0.1) is 0 Å². The fraction of sp³-hybridized carbons (Fsp3) is 0.200. The lowest BCUT2D eigenvalue weighted by Crippen LogP contribution is -2.04. The summed E-state index contributed by atoms with van der Waals surface area (Å²) in [4.78, 5) is 0.330. The van der Waals surface area contributed by atoms with E-state index in [1.54, 1.807) is 18.2 Å². The van der Waals surface area contributed by atoms with E-state index in [1.807, 2.05) is 37.3 Å². The number of hydrogen-bond donors (Lipinski definition) is 1. The van der Waals surface area contributed by atoms with Gasteiger partial charge in [0.1, 0.15) is 0 Å². The Morgan fingerprint density at radius 2 is 1.58 bits per heavy atom. The molecule has 0 aliphatic rings. The number of nitrogens with two attached hydrogens (primary N) is 1. The molecule has 0 saturated heterocycles. The Bertz CT molecular complexity index is 691. The van der Waals surface area contributed by atoms with Gasteiger partial charge >= 0.3 is 0 Å². The highest BCUT2D eigenvalue weighted by Crippen LogP contribution is 2.24. The lowest BCUT2D eigenvalue weighted by atomic mass is 10.0. The predicted octanol–water partition coefficient (Wildman–Crippen LogP) is 2.78. The highest BCUT2D eigenvalue weighted by atomic mass is 32.2. The number of sulfone groups is 1. The third-order valence-electron chi connectivity index (χ3n) is 3.01. The quantitative estimate of drug-likeness (QED) is 0.937. The highest BCUT2D eigenvalue weighted by molar-refractivity contribution is 7.90. The van der Waals surface area contributed by atoms with Crippen LogP contribution in [0, 0.1) is 0 Å². The van der Waals surface area contributed by atoms with Crippen molar-refractivity contribution in [2.24, 2.45) is 5.73 Å². The van der Waals surface area contributed by atoms with Gasteiger partial charge in [-0.3, -0.25) is 0 Å². The minimum atomic E-state index is -3.18. The standard InChI is InChI=1S/C15H17NO2S/c1-11(16)12-5-3-6-13(9-12)14-7-4-8-15(10-14)19(2,17)18/h3-11H,16H2,1-2H3. The van der Waals surface area contributed by atoms with Gasteiger partial charge in [-0.1, -0.05) is 30.3 Å². The molecule has 2 aromatic carbocycles. The normalized spacial score (nSPS) is 13.2. The van der Waals surface area contributed by atoms with Crippen molar-refractivity contribution in [3.63, 3.8) is 0 Å². The van der Waals surface area contributed by atoms with Crippen molar-refractivity contribution >= 4 is 9.84 Å². The molecule has 19 heavy (non-hydrogen) atoms. The molecule has 0 aromatic heterocycles. The van der Waals surface area contributed by atoms with Crippen LogP contribution in [0.15, 0.2) is 53.4 Å². The Morgan fingerprint density at radius 3 is 2.16 bits per heavy atom. The molecule has 2 rings (SSSR count). The maximum atomic E-state index is 11.6. The van der Waals surface area contributed by atoms with Crippen LogP contribution < -0.4 is 5.73 Å². The summed E-state index contributed by atoms with van der Waals surface area (Å²) in [5.74, 6) is 0. The fourth-order valence-corrected chi connectivity index (χ4v) is 2.57. The van der Waals surface area contributed by atoms with Crippen LogP contribution in [-0.4, -0.2) is 14.7 Å². The topological polar surface area (TPSA) is 60.2 Å². The largest absolute Gasteiger partial charge is 0.324 e. The van der Waals surface area contributed by atoms with Gasteiger partial charge in [0.2, 0.25) is 0 Å². The zero-order chi connectivity index (χ0) is 14.0. The van der Waals surface area contributed by atoms with Crippen LogP contribution in [0.5, 0.6) is 0 Å². The Balaban J connectivity index is 2.51. The van der Waals surface area contributed by atoms with E-state index in [4.69, 9.17) is 5.73 Å². The molecule has 0 bridgehead atoms. The second kappa shape index (κ2) is 5.15. The van der Waals surface area contributed by atoms with E-state index in [2.05, 4.69) is 0 Å². The van der Waals surface area contributed by atoms with Crippen LogP contribution in [0.2, 0.25) is 0 Å². The first-order valence-electron chi connectivity index (χ1n) is 6.04. The molecule has 0 radical (unpaired) electrons. The molecule has 2 aromatic rings. The van der Waals surface area contributed by atoms with E-state index in [9.17, 15) is 8.42 Å². The number of rotatable bonds is 3. The average molecular weight is 275 g/mol. The van der Waals surface area contributed by atoms with Crippen LogP contribution in [0.3, 0.4) is 0 Å². The summed E-state index contributed by atoms with van der Waals surface area (Å²) < 4.78 is 23.1. The van der Waals surface area contributed by atoms with Crippen LogP contribution in [-0.2, 0) is 9.84 Å². The van der Waals surface area contributed by atoms with Crippen molar-refractivity contribution in [2.75, 3.05) is 6.26 Å². The van der Waals surface area contributed by atoms with E-state index >= 15 is 0 Å². The molecular formula is C15H17NO2S. The molecule has 0 aliphatic heterocycles. The van der Waals surface area contributed by atoms with E-state index in [0.29, 0.717) is 4.90 Å². The van der Waals surface area contributed by atoms with Gasteiger partial charge in [0.15, 0.2) is 9.84 Å². The maximum Gasteiger partial charge on any atom is 0.175 e. The number of hydrogen-bond acceptors (Lipinski definition) is 3. The molecule has 0 fully saturated rings. The molecule has 1 atom stereocenters. The zero-order valence-electron chi connectivity index (χ0n) is 11.0. The van der Waals surface area contributed by atoms with E-state index in [0.717, 1.165) is 16.7 Å². The summed E-state index contributed by atoms with van der Waals surface area (Å²) in [7, 11) is -3.18. The molecule has 0 spiro atoms. The van der Waals surface area contributed by atoms with Crippen molar-refractivity contribution in [3.8, 4) is 11.1 Å². The zero-order valence-corrected chi connectivity index (χ0v) is 11.8. The molecule has 0 aliphatic carbocycles. The molecule has 0 saturated carbocycles. The monoisotopic (exact) mass is 275 g/mol. The fourth-order valence-electron chi connectivity index (χ4n) is 1.91. The minimum absolute atomic E-state index is 0.0435. The first-order chi connectivity index (χ1) is 8.88. The SMILES string of the molecule is CC(N)c1cccc(-c2cccc(S(C)(=O)=O)c2)c1. The molecule has 0 heterocycles. The van der Waals surface area contributed by atoms with Crippen LogP contribution in [0.4, 0.5) is 0 Å². The van der Waals surface area contributed by atoms with Gasteiger partial charge in [0, 0.05) is 12.3 Å². The Hall–Kier alpha value is -1.65.